The molecule has 1 unspecified atom stereocenters. The highest BCUT2D eigenvalue weighted by molar-refractivity contribution is 5.79. The lowest BCUT2D eigenvalue weighted by Gasteiger charge is -2.23. The van der Waals surface area contributed by atoms with Crippen LogP contribution in [-0.2, 0) is 5.54 Å². The van der Waals surface area contributed by atoms with E-state index in [2.05, 4.69) is 43.1 Å². The van der Waals surface area contributed by atoms with Gasteiger partial charge in [0.25, 0.3) is 0 Å². The maximum Gasteiger partial charge on any atom is 0.0705 e. The first-order chi connectivity index (χ1) is 7.53. The molecule has 2 rings (SSSR count). The van der Waals surface area contributed by atoms with Gasteiger partial charge in [-0.05, 0) is 44.0 Å². The minimum Gasteiger partial charge on any atom is -0.322 e. The van der Waals surface area contributed by atoms with Gasteiger partial charge in [-0.1, -0.05) is 19.1 Å². The fourth-order valence-electron chi connectivity index (χ4n) is 1.79. The number of rotatable bonds is 2. The molecule has 2 aromatic rings. The van der Waals surface area contributed by atoms with E-state index in [9.17, 15) is 0 Å². The number of hydrogen-bond acceptors (Lipinski definition) is 2. The Morgan fingerprint density at radius 1 is 1.25 bits per heavy atom. The molecule has 84 valence electrons. The van der Waals surface area contributed by atoms with Crippen molar-refractivity contribution in [3.63, 3.8) is 0 Å². The van der Waals surface area contributed by atoms with E-state index in [4.69, 9.17) is 5.73 Å². The first kappa shape index (κ1) is 11.1. The van der Waals surface area contributed by atoms with Crippen molar-refractivity contribution in [2.24, 2.45) is 5.73 Å². The van der Waals surface area contributed by atoms with Crippen LogP contribution in [-0.4, -0.2) is 4.98 Å². The van der Waals surface area contributed by atoms with Crippen molar-refractivity contribution >= 4 is 10.9 Å². The molecule has 2 N–H and O–H groups in total. The molecule has 0 amide bonds. The summed E-state index contributed by atoms with van der Waals surface area (Å²) in [5.41, 5.74) is 9.25. The molecule has 0 fully saturated rings. The van der Waals surface area contributed by atoms with Crippen LogP contribution in [0.5, 0.6) is 0 Å². The van der Waals surface area contributed by atoms with Gasteiger partial charge in [-0.25, -0.2) is 0 Å². The van der Waals surface area contributed by atoms with Gasteiger partial charge in [-0.3, -0.25) is 4.98 Å². The predicted molar refractivity (Wildman–Crippen MR) is 68.3 cm³/mol. The number of benzene rings is 1. The SMILES string of the molecule is CCC(C)(N)c1ccc2nc(C)ccc2c1. The third-order valence-corrected chi connectivity index (χ3v) is 3.22. The van der Waals surface area contributed by atoms with Gasteiger partial charge >= 0.3 is 0 Å². The van der Waals surface area contributed by atoms with Gasteiger partial charge in [0.05, 0.1) is 5.52 Å². The van der Waals surface area contributed by atoms with E-state index in [1.807, 2.05) is 13.0 Å². The number of fused-ring (bicyclic) bond motifs is 1. The Morgan fingerprint density at radius 3 is 2.69 bits per heavy atom. The quantitative estimate of drug-likeness (QED) is 0.834. The second-order valence-corrected chi connectivity index (χ2v) is 4.63. The molecule has 0 bridgehead atoms. The Kier molecular flexibility index (Phi) is 2.68. The molecule has 0 aliphatic rings. The molecule has 0 aliphatic carbocycles. The summed E-state index contributed by atoms with van der Waals surface area (Å²) >= 11 is 0. The highest BCUT2D eigenvalue weighted by Gasteiger charge is 2.18. The lowest BCUT2D eigenvalue weighted by atomic mass is 9.90. The highest BCUT2D eigenvalue weighted by atomic mass is 14.7. The molecule has 2 heteroatoms. The molecular formula is C14H18N2. The lowest BCUT2D eigenvalue weighted by Crippen LogP contribution is -2.31. The molecule has 0 saturated carbocycles. The minimum absolute atomic E-state index is 0.251. The molecule has 0 aliphatic heterocycles. The van der Waals surface area contributed by atoms with Crippen LogP contribution in [0.1, 0.15) is 31.5 Å². The third-order valence-electron chi connectivity index (χ3n) is 3.22. The van der Waals surface area contributed by atoms with Gasteiger partial charge < -0.3 is 5.73 Å². The number of nitrogens with zero attached hydrogens (tertiary/aromatic N) is 1. The Bertz CT molecular complexity index is 515. The van der Waals surface area contributed by atoms with E-state index in [1.54, 1.807) is 0 Å². The van der Waals surface area contributed by atoms with Crippen LogP contribution in [0.25, 0.3) is 10.9 Å². The standard InChI is InChI=1S/C14H18N2/c1-4-14(3,15)12-7-8-13-11(9-12)6-5-10(2)16-13/h5-9H,4,15H2,1-3H3. The molecule has 1 aromatic carbocycles. The molecule has 1 heterocycles. The van der Waals surface area contributed by atoms with Crippen molar-refractivity contribution in [3.8, 4) is 0 Å². The first-order valence-electron chi connectivity index (χ1n) is 5.70. The number of hydrogen-bond donors (Lipinski definition) is 1. The minimum atomic E-state index is -0.251. The van der Waals surface area contributed by atoms with Crippen LogP contribution in [0.3, 0.4) is 0 Å². The summed E-state index contributed by atoms with van der Waals surface area (Å²) in [4.78, 5) is 4.48. The van der Waals surface area contributed by atoms with Crippen molar-refractivity contribution in [2.45, 2.75) is 32.7 Å². The van der Waals surface area contributed by atoms with E-state index in [0.717, 1.165) is 23.0 Å². The monoisotopic (exact) mass is 214 g/mol. The molecule has 0 radical (unpaired) electrons. The van der Waals surface area contributed by atoms with Crippen LogP contribution in [0.2, 0.25) is 0 Å². The van der Waals surface area contributed by atoms with Gasteiger partial charge in [0.2, 0.25) is 0 Å². The van der Waals surface area contributed by atoms with Crippen molar-refractivity contribution in [2.75, 3.05) is 0 Å². The second kappa shape index (κ2) is 3.87. The van der Waals surface area contributed by atoms with Crippen LogP contribution >= 0.6 is 0 Å². The number of aromatic nitrogens is 1. The number of aryl methyl sites for hydroxylation is 1. The summed E-state index contributed by atoms with van der Waals surface area (Å²) in [6.45, 7) is 6.18. The molecule has 2 nitrogen and oxygen atoms in total. The van der Waals surface area contributed by atoms with Gasteiger partial charge in [0.15, 0.2) is 0 Å². The first-order valence-corrected chi connectivity index (χ1v) is 5.70. The van der Waals surface area contributed by atoms with Crippen LogP contribution < -0.4 is 5.73 Å². The summed E-state index contributed by atoms with van der Waals surface area (Å²) in [5.74, 6) is 0. The summed E-state index contributed by atoms with van der Waals surface area (Å²) in [5, 5.41) is 1.16. The Labute approximate surface area is 96.5 Å². The maximum absolute atomic E-state index is 6.24. The smallest absolute Gasteiger partial charge is 0.0705 e. The number of pyridine rings is 1. The number of nitrogens with two attached hydrogens (primary N) is 1. The summed E-state index contributed by atoms with van der Waals surface area (Å²) in [6, 6.07) is 10.4. The van der Waals surface area contributed by atoms with Crippen LogP contribution in [0, 0.1) is 6.92 Å². The zero-order valence-electron chi connectivity index (χ0n) is 10.1. The summed E-state index contributed by atoms with van der Waals surface area (Å²) < 4.78 is 0. The Balaban J connectivity index is 2.57. The van der Waals surface area contributed by atoms with E-state index >= 15 is 0 Å². The maximum atomic E-state index is 6.24. The second-order valence-electron chi connectivity index (χ2n) is 4.63. The van der Waals surface area contributed by atoms with Gasteiger partial charge in [0, 0.05) is 16.6 Å². The zero-order chi connectivity index (χ0) is 11.8. The average Bonchev–Trinajstić information content (AvgIpc) is 2.28. The molecule has 0 spiro atoms. The van der Waals surface area contributed by atoms with Crippen LogP contribution in [0.4, 0.5) is 0 Å². The third kappa shape index (κ3) is 1.93. The van der Waals surface area contributed by atoms with E-state index in [1.165, 1.54) is 5.56 Å². The molecule has 1 aromatic heterocycles. The largest absolute Gasteiger partial charge is 0.322 e. The van der Waals surface area contributed by atoms with Gasteiger partial charge in [-0.15, -0.1) is 0 Å². The summed E-state index contributed by atoms with van der Waals surface area (Å²) in [7, 11) is 0. The average molecular weight is 214 g/mol. The summed E-state index contributed by atoms with van der Waals surface area (Å²) in [6.07, 6.45) is 0.928. The fraction of sp³-hybridized carbons (Fsp3) is 0.357. The fourth-order valence-corrected chi connectivity index (χ4v) is 1.79. The normalized spacial score (nSPS) is 15.0. The van der Waals surface area contributed by atoms with Crippen molar-refractivity contribution < 1.29 is 0 Å². The topological polar surface area (TPSA) is 38.9 Å². The predicted octanol–water partition coefficient (Wildman–Crippen LogP) is 3.13. The Hall–Kier alpha value is -1.41. The molecule has 1 atom stereocenters. The van der Waals surface area contributed by atoms with E-state index in [0.29, 0.717) is 0 Å². The van der Waals surface area contributed by atoms with Crippen molar-refractivity contribution in [1.82, 2.24) is 4.98 Å². The van der Waals surface area contributed by atoms with Gasteiger partial charge in [0.1, 0.15) is 0 Å². The van der Waals surface area contributed by atoms with E-state index < -0.39 is 0 Å². The van der Waals surface area contributed by atoms with Crippen LogP contribution in [0.15, 0.2) is 30.3 Å². The highest BCUT2D eigenvalue weighted by Crippen LogP contribution is 2.24. The molecular weight excluding hydrogens is 196 g/mol. The lowest BCUT2D eigenvalue weighted by molar-refractivity contribution is 0.477. The van der Waals surface area contributed by atoms with Crippen molar-refractivity contribution in [3.05, 3.63) is 41.6 Å². The molecule has 16 heavy (non-hydrogen) atoms. The van der Waals surface area contributed by atoms with Gasteiger partial charge in [-0.2, -0.15) is 0 Å². The zero-order valence-corrected chi connectivity index (χ0v) is 10.1. The molecule has 0 saturated heterocycles. The Morgan fingerprint density at radius 2 is 2.00 bits per heavy atom. The van der Waals surface area contributed by atoms with E-state index in [-0.39, 0.29) is 5.54 Å². The van der Waals surface area contributed by atoms with Crippen molar-refractivity contribution in [1.29, 1.82) is 0 Å².